The first-order chi connectivity index (χ1) is 8.62. The first-order valence-corrected chi connectivity index (χ1v) is 6.16. The zero-order chi connectivity index (χ0) is 13.5. The van der Waals surface area contributed by atoms with Crippen LogP contribution in [0.15, 0.2) is 18.2 Å². The Morgan fingerprint density at radius 3 is 2.50 bits per heavy atom. The molecule has 0 bridgehead atoms. The predicted molar refractivity (Wildman–Crippen MR) is 71.1 cm³/mol. The van der Waals surface area contributed by atoms with E-state index in [1.165, 1.54) is 12.1 Å². The van der Waals surface area contributed by atoms with E-state index in [-0.39, 0.29) is 5.69 Å². The molecule has 0 unspecified atom stereocenters. The average Bonchev–Trinajstić information content (AvgIpc) is 2.39. The fraction of sp³-hybridized carbons (Fsp3) is 0.538. The lowest BCUT2D eigenvalue weighted by Gasteiger charge is -2.18. The lowest BCUT2D eigenvalue weighted by atomic mass is 10.1. The normalized spacial score (nSPS) is 10.7. The summed E-state index contributed by atoms with van der Waals surface area (Å²) in [7, 11) is 1.54. The minimum Gasteiger partial charge on any atom is -0.496 e. The molecule has 5 heteroatoms. The molecule has 0 heterocycles. The number of rotatable bonds is 7. The van der Waals surface area contributed by atoms with Gasteiger partial charge in [-0.2, -0.15) is 0 Å². The van der Waals surface area contributed by atoms with E-state index in [0.717, 1.165) is 31.6 Å². The van der Waals surface area contributed by atoms with Gasteiger partial charge >= 0.3 is 0 Å². The second-order valence-corrected chi connectivity index (χ2v) is 4.03. The highest BCUT2D eigenvalue weighted by Gasteiger charge is 2.11. The molecule has 0 N–H and O–H groups in total. The second kappa shape index (κ2) is 6.96. The van der Waals surface area contributed by atoms with Crippen LogP contribution in [0.4, 0.5) is 5.69 Å². The van der Waals surface area contributed by atoms with Gasteiger partial charge in [0.25, 0.3) is 5.69 Å². The zero-order valence-electron chi connectivity index (χ0n) is 11.2. The van der Waals surface area contributed by atoms with Crippen molar-refractivity contribution in [1.29, 1.82) is 0 Å². The quantitative estimate of drug-likeness (QED) is 0.552. The molecule has 0 aromatic heterocycles. The molecule has 5 nitrogen and oxygen atoms in total. The molecule has 0 saturated carbocycles. The van der Waals surface area contributed by atoms with Gasteiger partial charge in [0, 0.05) is 12.6 Å². The van der Waals surface area contributed by atoms with Gasteiger partial charge in [0.15, 0.2) is 0 Å². The lowest BCUT2D eigenvalue weighted by molar-refractivity contribution is -0.384. The maximum Gasteiger partial charge on any atom is 0.273 e. The van der Waals surface area contributed by atoms with Crippen molar-refractivity contribution in [1.82, 2.24) is 4.90 Å². The van der Waals surface area contributed by atoms with Crippen molar-refractivity contribution in [3.63, 3.8) is 0 Å². The lowest BCUT2D eigenvalue weighted by Crippen LogP contribution is -2.25. The Labute approximate surface area is 108 Å². The number of methoxy groups -OCH3 is 1. The van der Waals surface area contributed by atoms with Crippen LogP contribution in [-0.2, 0) is 6.42 Å². The third-order valence-corrected chi connectivity index (χ3v) is 3.07. The van der Waals surface area contributed by atoms with Crippen molar-refractivity contribution in [2.75, 3.05) is 26.7 Å². The fourth-order valence-electron chi connectivity index (χ4n) is 1.87. The number of hydrogen-bond donors (Lipinski definition) is 0. The van der Waals surface area contributed by atoms with E-state index in [4.69, 9.17) is 4.74 Å². The molecular formula is C13H20N2O3. The Morgan fingerprint density at radius 2 is 2.00 bits per heavy atom. The molecule has 1 aromatic rings. The smallest absolute Gasteiger partial charge is 0.273 e. The van der Waals surface area contributed by atoms with Gasteiger partial charge in [-0.1, -0.05) is 13.8 Å². The van der Waals surface area contributed by atoms with Crippen LogP contribution >= 0.6 is 0 Å². The maximum atomic E-state index is 10.7. The van der Waals surface area contributed by atoms with Crippen molar-refractivity contribution in [2.45, 2.75) is 20.3 Å². The van der Waals surface area contributed by atoms with E-state index < -0.39 is 4.92 Å². The summed E-state index contributed by atoms with van der Waals surface area (Å²) in [6.07, 6.45) is 0.836. The molecule has 1 rings (SSSR count). The van der Waals surface area contributed by atoms with Crippen LogP contribution in [0, 0.1) is 10.1 Å². The number of ether oxygens (including phenoxy) is 1. The minimum atomic E-state index is -0.406. The summed E-state index contributed by atoms with van der Waals surface area (Å²) in [4.78, 5) is 12.6. The fourth-order valence-corrected chi connectivity index (χ4v) is 1.87. The van der Waals surface area contributed by atoms with Crippen molar-refractivity contribution in [3.05, 3.63) is 33.9 Å². The first kappa shape index (κ1) is 14.4. The Bertz CT molecular complexity index is 403. The van der Waals surface area contributed by atoms with E-state index in [1.807, 2.05) is 0 Å². The number of hydrogen-bond acceptors (Lipinski definition) is 4. The molecule has 0 amide bonds. The minimum absolute atomic E-state index is 0.0680. The molecule has 0 radical (unpaired) electrons. The SMILES string of the molecule is CCN(CC)CCc1ccc([N+](=O)[O-])cc1OC. The van der Waals surface area contributed by atoms with Crippen LogP contribution in [0.5, 0.6) is 5.75 Å². The van der Waals surface area contributed by atoms with E-state index >= 15 is 0 Å². The Morgan fingerprint density at radius 1 is 1.33 bits per heavy atom. The van der Waals surface area contributed by atoms with Crippen molar-refractivity contribution in [3.8, 4) is 5.75 Å². The van der Waals surface area contributed by atoms with Crippen molar-refractivity contribution < 1.29 is 9.66 Å². The highest BCUT2D eigenvalue weighted by atomic mass is 16.6. The molecule has 100 valence electrons. The van der Waals surface area contributed by atoms with Gasteiger partial charge in [0.05, 0.1) is 18.1 Å². The van der Waals surface area contributed by atoms with Crippen molar-refractivity contribution >= 4 is 5.69 Å². The Balaban J connectivity index is 2.79. The van der Waals surface area contributed by atoms with Crippen LogP contribution in [0.3, 0.4) is 0 Å². The number of likely N-dealkylation sites (N-methyl/N-ethyl adjacent to an activating group) is 1. The molecular weight excluding hydrogens is 232 g/mol. The number of nitrogens with zero attached hydrogens (tertiary/aromatic N) is 2. The molecule has 18 heavy (non-hydrogen) atoms. The molecule has 0 aliphatic rings. The van der Waals surface area contributed by atoms with Gasteiger partial charge < -0.3 is 9.64 Å². The number of nitro groups is 1. The van der Waals surface area contributed by atoms with E-state index in [0.29, 0.717) is 5.75 Å². The highest BCUT2D eigenvalue weighted by Crippen LogP contribution is 2.25. The molecule has 0 aliphatic carbocycles. The van der Waals surface area contributed by atoms with Crippen LogP contribution in [-0.4, -0.2) is 36.6 Å². The first-order valence-electron chi connectivity index (χ1n) is 6.16. The van der Waals surface area contributed by atoms with Crippen LogP contribution in [0.1, 0.15) is 19.4 Å². The number of benzene rings is 1. The summed E-state index contributed by atoms with van der Waals surface area (Å²) in [5, 5.41) is 10.7. The van der Waals surface area contributed by atoms with Crippen LogP contribution < -0.4 is 4.74 Å². The summed E-state index contributed by atoms with van der Waals surface area (Å²) in [6.45, 7) is 7.19. The van der Waals surface area contributed by atoms with Gasteiger partial charge in [0.2, 0.25) is 0 Å². The van der Waals surface area contributed by atoms with E-state index in [9.17, 15) is 10.1 Å². The average molecular weight is 252 g/mol. The van der Waals surface area contributed by atoms with Crippen LogP contribution in [0.2, 0.25) is 0 Å². The van der Waals surface area contributed by atoms with E-state index in [1.54, 1.807) is 13.2 Å². The van der Waals surface area contributed by atoms with Gasteiger partial charge in [-0.25, -0.2) is 0 Å². The van der Waals surface area contributed by atoms with Gasteiger partial charge in [-0.3, -0.25) is 10.1 Å². The standard InChI is InChI=1S/C13H20N2O3/c1-4-14(5-2)9-8-11-6-7-12(15(16)17)10-13(11)18-3/h6-7,10H,4-5,8-9H2,1-3H3. The largest absolute Gasteiger partial charge is 0.496 e. The second-order valence-electron chi connectivity index (χ2n) is 4.03. The summed E-state index contributed by atoms with van der Waals surface area (Å²) in [6, 6.07) is 4.79. The monoisotopic (exact) mass is 252 g/mol. The van der Waals surface area contributed by atoms with Crippen molar-refractivity contribution in [2.24, 2.45) is 0 Å². The third kappa shape index (κ3) is 3.70. The van der Waals surface area contributed by atoms with Gasteiger partial charge in [0.1, 0.15) is 5.75 Å². The molecule has 0 saturated heterocycles. The predicted octanol–water partition coefficient (Wildman–Crippen LogP) is 2.49. The third-order valence-electron chi connectivity index (χ3n) is 3.07. The Hall–Kier alpha value is -1.62. The summed E-state index contributed by atoms with van der Waals surface area (Å²) < 4.78 is 5.21. The maximum absolute atomic E-state index is 10.7. The van der Waals surface area contributed by atoms with Gasteiger partial charge in [-0.05, 0) is 31.1 Å². The summed E-state index contributed by atoms with van der Waals surface area (Å²) in [5.74, 6) is 0.594. The summed E-state index contributed by atoms with van der Waals surface area (Å²) in [5.41, 5.74) is 1.08. The molecule has 0 fully saturated rings. The molecule has 0 spiro atoms. The highest BCUT2D eigenvalue weighted by molar-refractivity contribution is 5.44. The molecule has 0 aliphatic heterocycles. The zero-order valence-corrected chi connectivity index (χ0v) is 11.2. The summed E-state index contributed by atoms with van der Waals surface area (Å²) >= 11 is 0. The van der Waals surface area contributed by atoms with Gasteiger partial charge in [-0.15, -0.1) is 0 Å². The number of non-ortho nitro benzene ring substituents is 1. The number of nitro benzene ring substituents is 1. The molecule has 0 atom stereocenters. The molecule has 1 aromatic carbocycles. The van der Waals surface area contributed by atoms with Crippen LogP contribution in [0.25, 0.3) is 0 Å². The Kier molecular flexibility index (Phi) is 5.58. The topological polar surface area (TPSA) is 55.6 Å². The van der Waals surface area contributed by atoms with E-state index in [2.05, 4.69) is 18.7 Å².